The Kier molecular flexibility index (Phi) is 5.11. The fourth-order valence-corrected chi connectivity index (χ4v) is 10.5. The molecule has 8 atom stereocenters. The Morgan fingerprint density at radius 3 is 2.26 bits per heavy atom. The lowest BCUT2D eigenvalue weighted by molar-refractivity contribution is -0.169. The molecule has 190 valence electrons. The number of carbonyl (C=O) groups is 1. The molecular formula is C30H47NO3. The van der Waals surface area contributed by atoms with Gasteiger partial charge < -0.3 is 10.3 Å². The van der Waals surface area contributed by atoms with Crippen LogP contribution in [-0.4, -0.2) is 22.0 Å². The second-order valence-corrected chi connectivity index (χ2v) is 14.8. The van der Waals surface area contributed by atoms with Crippen LogP contribution in [0.15, 0.2) is 16.8 Å². The van der Waals surface area contributed by atoms with E-state index >= 15 is 0 Å². The van der Waals surface area contributed by atoms with Gasteiger partial charge in [-0.3, -0.25) is 4.79 Å². The molecule has 0 aromatic carbocycles. The number of hydrogen-bond donors (Lipinski definition) is 2. The average Bonchev–Trinajstić information content (AvgIpc) is 2.75. The van der Waals surface area contributed by atoms with E-state index in [0.717, 1.165) is 44.2 Å². The molecule has 0 aliphatic heterocycles. The zero-order valence-corrected chi connectivity index (χ0v) is 22.6. The van der Waals surface area contributed by atoms with Crippen molar-refractivity contribution in [3.8, 4) is 0 Å². The van der Waals surface area contributed by atoms with E-state index in [-0.39, 0.29) is 27.1 Å². The van der Waals surface area contributed by atoms with Crippen molar-refractivity contribution in [2.75, 3.05) is 0 Å². The van der Waals surface area contributed by atoms with Crippen LogP contribution in [0.25, 0.3) is 0 Å². The number of rotatable bonds is 1. The third kappa shape index (κ3) is 2.83. The Balaban J connectivity index is 1.57. The molecular weight excluding hydrogens is 422 g/mol. The molecule has 0 unspecified atom stereocenters. The molecule has 34 heavy (non-hydrogen) atoms. The molecule has 0 radical (unpaired) electrons. The average molecular weight is 470 g/mol. The monoisotopic (exact) mass is 469 g/mol. The summed E-state index contributed by atoms with van der Waals surface area (Å²) in [6.45, 7) is 16.7. The van der Waals surface area contributed by atoms with Gasteiger partial charge in [0.15, 0.2) is 0 Å². The Hall–Kier alpha value is -1.32. The summed E-state index contributed by atoms with van der Waals surface area (Å²) in [5.41, 5.74) is 2.78. The lowest BCUT2D eigenvalue weighted by Gasteiger charge is -2.71. The number of fused-ring (bicyclic) bond motifs is 7. The zero-order chi connectivity index (χ0) is 24.9. The van der Waals surface area contributed by atoms with Crippen molar-refractivity contribution < 1.29 is 15.1 Å². The Morgan fingerprint density at radius 1 is 0.941 bits per heavy atom. The van der Waals surface area contributed by atoms with Gasteiger partial charge in [0.2, 0.25) is 0 Å². The van der Waals surface area contributed by atoms with Crippen molar-refractivity contribution in [2.45, 2.75) is 113 Å². The number of hydrogen-bond acceptors (Lipinski definition) is 3. The lowest BCUT2D eigenvalue weighted by atomic mass is 9.33. The van der Waals surface area contributed by atoms with Crippen LogP contribution in [-0.2, 0) is 4.79 Å². The van der Waals surface area contributed by atoms with Gasteiger partial charge in [0, 0.05) is 5.41 Å². The highest BCUT2D eigenvalue weighted by atomic mass is 16.4. The summed E-state index contributed by atoms with van der Waals surface area (Å²) >= 11 is 0. The first-order valence-corrected chi connectivity index (χ1v) is 13.8. The molecule has 0 saturated heterocycles. The first-order chi connectivity index (χ1) is 15.7. The molecule has 4 nitrogen and oxygen atoms in total. The third-order valence-corrected chi connectivity index (χ3v) is 13.3. The van der Waals surface area contributed by atoms with E-state index < -0.39 is 11.4 Å². The molecule has 4 saturated carbocycles. The quantitative estimate of drug-likeness (QED) is 0.235. The smallest absolute Gasteiger partial charge is 0.309 e. The molecule has 0 heterocycles. The van der Waals surface area contributed by atoms with Crippen LogP contribution in [0.1, 0.15) is 113 Å². The predicted octanol–water partition coefficient (Wildman–Crippen LogP) is 7.70. The summed E-state index contributed by atoms with van der Waals surface area (Å²) in [6.07, 6.45) is 13.2. The first-order valence-electron chi connectivity index (χ1n) is 13.8. The van der Waals surface area contributed by atoms with Gasteiger partial charge in [-0.2, -0.15) is 0 Å². The largest absolute Gasteiger partial charge is 0.481 e. The Labute approximate surface area is 206 Å². The number of aliphatic carboxylic acids is 1. The van der Waals surface area contributed by atoms with Gasteiger partial charge >= 0.3 is 5.97 Å². The fraction of sp³-hybridized carbons (Fsp3) is 0.867. The van der Waals surface area contributed by atoms with E-state index in [9.17, 15) is 15.1 Å². The first kappa shape index (κ1) is 24.4. The molecule has 5 rings (SSSR count). The summed E-state index contributed by atoms with van der Waals surface area (Å²) in [5.74, 6) is 0.933. The standard InChI is InChI=1S/C30H47NO3/c1-25(2)21-10-13-30(7)22(28(21,5)12-11-23(25)31-34)9-8-19-20-18-27(4,24(32)33)15-14-26(20,3)16-17-29(19,30)6/h8,20-22,34H,9-18H2,1-7H3,(H,32,33)/t20-,21-,22+,26+,27+,28-,29+,30+/m0/s1. The van der Waals surface area contributed by atoms with Gasteiger partial charge in [0.25, 0.3) is 0 Å². The zero-order valence-electron chi connectivity index (χ0n) is 22.6. The minimum atomic E-state index is -0.610. The molecule has 0 aromatic heterocycles. The normalized spacial score (nSPS) is 53.1. The van der Waals surface area contributed by atoms with E-state index in [1.54, 1.807) is 5.57 Å². The second kappa shape index (κ2) is 7.13. The molecule has 0 amide bonds. The highest BCUT2D eigenvalue weighted by Crippen LogP contribution is 2.75. The van der Waals surface area contributed by atoms with Gasteiger partial charge in [-0.1, -0.05) is 58.3 Å². The van der Waals surface area contributed by atoms with Crippen molar-refractivity contribution in [3.63, 3.8) is 0 Å². The third-order valence-electron chi connectivity index (χ3n) is 13.3. The SMILES string of the molecule is CC1(C)C(=NO)CC[C@]2(C)[C@H]3CC=C4[C@@H]5C[C@](C)(C(=O)O)CC[C@]5(C)CC[C@@]4(C)[C@]3(C)CC[C@@H]12. The summed E-state index contributed by atoms with van der Waals surface area (Å²) in [7, 11) is 0. The lowest BCUT2D eigenvalue weighted by Crippen LogP contribution is -2.64. The number of nitrogens with zero attached hydrogens (tertiary/aromatic N) is 1. The van der Waals surface area contributed by atoms with Crippen molar-refractivity contribution >= 4 is 11.7 Å². The van der Waals surface area contributed by atoms with E-state index in [0.29, 0.717) is 17.8 Å². The number of oxime groups is 1. The topological polar surface area (TPSA) is 69.9 Å². The van der Waals surface area contributed by atoms with Gasteiger partial charge in [-0.25, -0.2) is 0 Å². The summed E-state index contributed by atoms with van der Waals surface area (Å²) in [5, 5.41) is 23.6. The van der Waals surface area contributed by atoms with Crippen LogP contribution >= 0.6 is 0 Å². The van der Waals surface area contributed by atoms with Gasteiger partial charge in [0.05, 0.1) is 11.1 Å². The fourth-order valence-electron chi connectivity index (χ4n) is 10.5. The van der Waals surface area contributed by atoms with Crippen LogP contribution in [0.2, 0.25) is 0 Å². The maximum Gasteiger partial charge on any atom is 0.309 e. The van der Waals surface area contributed by atoms with Gasteiger partial charge in [-0.15, -0.1) is 0 Å². The predicted molar refractivity (Wildman–Crippen MR) is 136 cm³/mol. The molecule has 0 spiro atoms. The highest BCUT2D eigenvalue weighted by Gasteiger charge is 2.68. The van der Waals surface area contributed by atoms with E-state index in [2.05, 4.69) is 52.8 Å². The molecule has 0 aromatic rings. The van der Waals surface area contributed by atoms with Gasteiger partial charge in [0.1, 0.15) is 0 Å². The van der Waals surface area contributed by atoms with E-state index in [1.807, 2.05) is 6.92 Å². The van der Waals surface area contributed by atoms with Crippen LogP contribution in [0.4, 0.5) is 0 Å². The molecule has 5 aliphatic carbocycles. The molecule has 4 fully saturated rings. The number of carboxylic acids is 1. The van der Waals surface area contributed by atoms with Gasteiger partial charge in [-0.05, 0) is 111 Å². The van der Waals surface area contributed by atoms with E-state index in [1.165, 1.54) is 25.7 Å². The summed E-state index contributed by atoms with van der Waals surface area (Å²) < 4.78 is 0. The van der Waals surface area contributed by atoms with Crippen LogP contribution < -0.4 is 0 Å². The van der Waals surface area contributed by atoms with Crippen LogP contribution in [0, 0.1) is 50.2 Å². The van der Waals surface area contributed by atoms with Crippen LogP contribution in [0.5, 0.6) is 0 Å². The summed E-state index contributed by atoms with van der Waals surface area (Å²) in [6, 6.07) is 0. The Bertz CT molecular complexity index is 966. The van der Waals surface area contributed by atoms with Crippen molar-refractivity contribution in [3.05, 3.63) is 11.6 Å². The van der Waals surface area contributed by atoms with Crippen molar-refractivity contribution in [1.82, 2.24) is 0 Å². The minimum absolute atomic E-state index is 0.0637. The highest BCUT2D eigenvalue weighted by molar-refractivity contribution is 5.90. The molecule has 0 bridgehead atoms. The Morgan fingerprint density at radius 2 is 1.62 bits per heavy atom. The van der Waals surface area contributed by atoms with Crippen molar-refractivity contribution in [1.29, 1.82) is 0 Å². The maximum absolute atomic E-state index is 12.3. The van der Waals surface area contributed by atoms with Crippen LogP contribution in [0.3, 0.4) is 0 Å². The molecule has 2 N–H and O–H groups in total. The number of allylic oxidation sites excluding steroid dienone is 2. The maximum atomic E-state index is 12.3. The number of carboxylic acid groups (broad SMARTS) is 1. The van der Waals surface area contributed by atoms with Crippen molar-refractivity contribution in [2.24, 2.45) is 55.4 Å². The minimum Gasteiger partial charge on any atom is -0.481 e. The molecule has 4 heteroatoms. The van der Waals surface area contributed by atoms with E-state index in [4.69, 9.17) is 0 Å². The summed E-state index contributed by atoms with van der Waals surface area (Å²) in [4.78, 5) is 12.3. The second-order valence-electron chi connectivity index (χ2n) is 14.8. The molecule has 5 aliphatic rings.